The molecular weight excluding hydrogens is 222 g/mol. The second-order valence-corrected chi connectivity index (χ2v) is 6.00. The number of hydrogen-bond donors (Lipinski definition) is 1. The van der Waals surface area contributed by atoms with Gasteiger partial charge in [0, 0.05) is 31.5 Å². The van der Waals surface area contributed by atoms with Gasteiger partial charge in [0.2, 0.25) is 0 Å². The van der Waals surface area contributed by atoms with Crippen LogP contribution in [0.4, 0.5) is 0 Å². The molecular formula is C15H23N3. The van der Waals surface area contributed by atoms with Gasteiger partial charge in [0.15, 0.2) is 0 Å². The van der Waals surface area contributed by atoms with Crippen LogP contribution in [0.2, 0.25) is 0 Å². The largest absolute Gasteiger partial charge is 0.326 e. The summed E-state index contributed by atoms with van der Waals surface area (Å²) in [5.74, 6) is 1.84. The van der Waals surface area contributed by atoms with Crippen molar-refractivity contribution in [2.75, 3.05) is 13.1 Å². The third-order valence-electron chi connectivity index (χ3n) is 4.67. The predicted molar refractivity (Wildman–Crippen MR) is 73.0 cm³/mol. The van der Waals surface area contributed by atoms with Crippen LogP contribution in [-0.2, 0) is 0 Å². The first-order valence-corrected chi connectivity index (χ1v) is 7.15. The quantitative estimate of drug-likeness (QED) is 0.887. The lowest BCUT2D eigenvalue weighted by Gasteiger charge is -2.31. The molecule has 2 N–H and O–H groups in total. The highest BCUT2D eigenvalue weighted by atomic mass is 15.2. The number of pyridine rings is 1. The Morgan fingerprint density at radius 2 is 2.06 bits per heavy atom. The lowest BCUT2D eigenvalue weighted by atomic mass is 10.0. The first kappa shape index (κ1) is 12.1. The van der Waals surface area contributed by atoms with Crippen LogP contribution in [0.15, 0.2) is 24.5 Å². The summed E-state index contributed by atoms with van der Waals surface area (Å²) in [5, 5.41) is 0. The molecule has 3 heteroatoms. The third kappa shape index (κ3) is 2.17. The summed E-state index contributed by atoms with van der Waals surface area (Å²) in [6.07, 6.45) is 8.07. The molecule has 98 valence electrons. The van der Waals surface area contributed by atoms with E-state index in [0.29, 0.717) is 6.04 Å². The fourth-order valence-corrected chi connectivity index (χ4v) is 3.90. The number of nitrogens with zero attached hydrogens (tertiary/aromatic N) is 2. The van der Waals surface area contributed by atoms with E-state index in [1.54, 1.807) is 0 Å². The number of likely N-dealkylation sites (tertiary alicyclic amines) is 1. The Morgan fingerprint density at radius 3 is 2.61 bits per heavy atom. The molecule has 1 saturated heterocycles. The molecule has 2 fully saturated rings. The molecule has 1 aromatic heterocycles. The molecule has 1 saturated carbocycles. The second kappa shape index (κ2) is 4.98. The smallest absolute Gasteiger partial charge is 0.0511 e. The van der Waals surface area contributed by atoms with Crippen LogP contribution in [0.1, 0.15) is 37.8 Å². The molecule has 4 atom stereocenters. The first-order chi connectivity index (χ1) is 8.75. The number of fused-ring (bicyclic) bond motifs is 1. The van der Waals surface area contributed by atoms with E-state index >= 15 is 0 Å². The molecule has 0 bridgehead atoms. The average Bonchev–Trinajstić information content (AvgIpc) is 2.91. The van der Waals surface area contributed by atoms with Crippen LogP contribution in [0, 0.1) is 11.8 Å². The van der Waals surface area contributed by atoms with Gasteiger partial charge in [-0.15, -0.1) is 0 Å². The second-order valence-electron chi connectivity index (χ2n) is 6.00. The maximum atomic E-state index is 6.23. The topological polar surface area (TPSA) is 42.1 Å². The van der Waals surface area contributed by atoms with Gasteiger partial charge in [0.1, 0.15) is 0 Å². The maximum absolute atomic E-state index is 6.23. The zero-order valence-electron chi connectivity index (χ0n) is 11.1. The van der Waals surface area contributed by atoms with Crippen molar-refractivity contribution in [2.45, 2.75) is 38.3 Å². The van der Waals surface area contributed by atoms with Crippen molar-refractivity contribution in [1.82, 2.24) is 9.88 Å². The van der Waals surface area contributed by atoms with Crippen molar-refractivity contribution in [3.8, 4) is 0 Å². The Bertz CT molecular complexity index is 378. The van der Waals surface area contributed by atoms with Crippen LogP contribution >= 0.6 is 0 Å². The van der Waals surface area contributed by atoms with Gasteiger partial charge in [-0.1, -0.05) is 12.5 Å². The fraction of sp³-hybridized carbons (Fsp3) is 0.667. The SMILES string of the molecule is CC(N)C(c1cccnc1)N1CC2CCCC2C1. The van der Waals surface area contributed by atoms with E-state index in [1.165, 1.54) is 37.9 Å². The highest BCUT2D eigenvalue weighted by molar-refractivity contribution is 5.17. The molecule has 3 nitrogen and oxygen atoms in total. The van der Waals surface area contributed by atoms with Gasteiger partial charge in [-0.3, -0.25) is 9.88 Å². The highest BCUT2D eigenvalue weighted by Gasteiger charge is 2.39. The van der Waals surface area contributed by atoms with Gasteiger partial charge in [0.25, 0.3) is 0 Å². The normalized spacial score (nSPS) is 31.2. The molecule has 0 spiro atoms. The van der Waals surface area contributed by atoms with Gasteiger partial charge < -0.3 is 5.73 Å². The Morgan fingerprint density at radius 1 is 1.33 bits per heavy atom. The molecule has 2 aliphatic rings. The number of nitrogens with two attached hydrogens (primary N) is 1. The van der Waals surface area contributed by atoms with Gasteiger partial charge in [-0.05, 0) is 43.2 Å². The Kier molecular flexibility index (Phi) is 3.35. The lowest BCUT2D eigenvalue weighted by molar-refractivity contribution is 0.202. The van der Waals surface area contributed by atoms with E-state index in [9.17, 15) is 0 Å². The average molecular weight is 245 g/mol. The van der Waals surface area contributed by atoms with E-state index in [4.69, 9.17) is 5.73 Å². The first-order valence-electron chi connectivity index (χ1n) is 7.15. The molecule has 1 aliphatic heterocycles. The van der Waals surface area contributed by atoms with Crippen LogP contribution in [0.5, 0.6) is 0 Å². The summed E-state index contributed by atoms with van der Waals surface area (Å²) in [4.78, 5) is 6.84. The molecule has 18 heavy (non-hydrogen) atoms. The molecule has 0 radical (unpaired) electrons. The van der Waals surface area contributed by atoms with Gasteiger partial charge in [0.05, 0.1) is 6.04 Å². The fourth-order valence-electron chi connectivity index (χ4n) is 3.90. The van der Waals surface area contributed by atoms with E-state index in [2.05, 4.69) is 22.9 Å². The van der Waals surface area contributed by atoms with Crippen molar-refractivity contribution in [3.63, 3.8) is 0 Å². The highest BCUT2D eigenvalue weighted by Crippen LogP contribution is 2.41. The van der Waals surface area contributed by atoms with Crippen molar-refractivity contribution in [1.29, 1.82) is 0 Å². The standard InChI is InChI=1S/C15H23N3/c1-11(16)15(12-6-3-7-17-8-12)18-9-13-4-2-5-14(13)10-18/h3,6-8,11,13-15H,2,4-5,9-10,16H2,1H3. The molecule has 2 heterocycles. The number of hydrogen-bond acceptors (Lipinski definition) is 3. The van der Waals surface area contributed by atoms with Crippen molar-refractivity contribution < 1.29 is 0 Å². The van der Waals surface area contributed by atoms with Crippen LogP contribution in [0.25, 0.3) is 0 Å². The predicted octanol–water partition coefficient (Wildman–Crippen LogP) is 2.20. The molecule has 0 aromatic carbocycles. The van der Waals surface area contributed by atoms with Crippen molar-refractivity contribution in [3.05, 3.63) is 30.1 Å². The minimum absolute atomic E-state index is 0.160. The van der Waals surface area contributed by atoms with Gasteiger partial charge in [-0.2, -0.15) is 0 Å². The maximum Gasteiger partial charge on any atom is 0.0511 e. The van der Waals surface area contributed by atoms with Crippen molar-refractivity contribution >= 4 is 0 Å². The molecule has 1 aromatic rings. The van der Waals surface area contributed by atoms with E-state index < -0.39 is 0 Å². The van der Waals surface area contributed by atoms with E-state index in [-0.39, 0.29) is 6.04 Å². The van der Waals surface area contributed by atoms with Crippen LogP contribution in [0.3, 0.4) is 0 Å². The minimum Gasteiger partial charge on any atom is -0.326 e. The van der Waals surface area contributed by atoms with Gasteiger partial charge in [-0.25, -0.2) is 0 Å². The lowest BCUT2D eigenvalue weighted by Crippen LogP contribution is -2.38. The zero-order valence-corrected chi connectivity index (χ0v) is 11.1. The molecule has 1 aliphatic carbocycles. The summed E-state index contributed by atoms with van der Waals surface area (Å²) in [7, 11) is 0. The molecule has 0 amide bonds. The van der Waals surface area contributed by atoms with Gasteiger partial charge >= 0.3 is 0 Å². The number of rotatable bonds is 3. The van der Waals surface area contributed by atoms with Crippen LogP contribution in [-0.4, -0.2) is 29.0 Å². The van der Waals surface area contributed by atoms with E-state index in [1.807, 2.05) is 18.5 Å². The third-order valence-corrected chi connectivity index (χ3v) is 4.67. The monoisotopic (exact) mass is 245 g/mol. The summed E-state index contributed by atoms with van der Waals surface area (Å²) >= 11 is 0. The molecule has 3 rings (SSSR count). The summed E-state index contributed by atoms with van der Waals surface area (Å²) < 4.78 is 0. The summed E-state index contributed by atoms with van der Waals surface area (Å²) in [6.45, 7) is 4.57. The Labute approximate surface area is 109 Å². The molecule has 4 unspecified atom stereocenters. The van der Waals surface area contributed by atoms with Crippen LogP contribution < -0.4 is 5.73 Å². The number of aromatic nitrogens is 1. The summed E-state index contributed by atoms with van der Waals surface area (Å²) in [5.41, 5.74) is 7.50. The Balaban J connectivity index is 1.79. The van der Waals surface area contributed by atoms with E-state index in [0.717, 1.165) is 11.8 Å². The summed E-state index contributed by atoms with van der Waals surface area (Å²) in [6, 6.07) is 4.67. The minimum atomic E-state index is 0.160. The van der Waals surface area contributed by atoms with Crippen molar-refractivity contribution in [2.24, 2.45) is 17.6 Å². The Hall–Kier alpha value is -0.930. The zero-order chi connectivity index (χ0) is 12.5.